The molecule has 1 N–H and O–H groups in total. The van der Waals surface area contributed by atoms with Gasteiger partial charge in [-0.1, -0.05) is 39.3 Å². The van der Waals surface area contributed by atoms with Crippen LogP contribution in [0.1, 0.15) is 45.2 Å². The lowest BCUT2D eigenvalue weighted by atomic mass is 10.0. The number of ether oxygens (including phenoxy) is 1. The molecule has 3 heteroatoms. The van der Waals surface area contributed by atoms with Crippen molar-refractivity contribution in [3.05, 3.63) is 29.8 Å². The van der Waals surface area contributed by atoms with Crippen molar-refractivity contribution in [3.8, 4) is 5.75 Å². The number of nitrogens with one attached hydrogen (secondary N) is 1. The van der Waals surface area contributed by atoms with Crippen LogP contribution in [0, 0.1) is 0 Å². The van der Waals surface area contributed by atoms with Gasteiger partial charge in [-0.25, -0.2) is 0 Å². The van der Waals surface area contributed by atoms with E-state index in [0.717, 1.165) is 12.3 Å². The van der Waals surface area contributed by atoms with E-state index in [4.69, 9.17) is 4.74 Å². The van der Waals surface area contributed by atoms with E-state index in [2.05, 4.69) is 50.0 Å². The van der Waals surface area contributed by atoms with Crippen LogP contribution in [0.4, 0.5) is 0 Å². The predicted octanol–water partition coefficient (Wildman–Crippen LogP) is 4.27. The Labute approximate surface area is 122 Å². The summed E-state index contributed by atoms with van der Waals surface area (Å²) in [5.41, 5.74) is 1.35. The van der Waals surface area contributed by atoms with Crippen LogP contribution < -0.4 is 10.1 Å². The van der Waals surface area contributed by atoms with Crippen molar-refractivity contribution >= 4 is 11.8 Å². The second kappa shape index (κ2) is 9.27. The maximum Gasteiger partial charge on any atom is 0.118 e. The van der Waals surface area contributed by atoms with Gasteiger partial charge in [0.05, 0.1) is 7.11 Å². The minimum absolute atomic E-state index is 0.415. The lowest BCUT2D eigenvalue weighted by Gasteiger charge is -2.25. The molecule has 0 aromatic heterocycles. The fourth-order valence-electron chi connectivity index (χ4n) is 2.10. The minimum atomic E-state index is 0.415. The predicted molar refractivity (Wildman–Crippen MR) is 86.2 cm³/mol. The molecular formula is C16H27NOS. The zero-order valence-electron chi connectivity index (χ0n) is 12.6. The highest BCUT2D eigenvalue weighted by atomic mass is 32.2. The number of rotatable bonds is 9. The van der Waals surface area contributed by atoms with Crippen LogP contribution in [0.3, 0.4) is 0 Å². The average Bonchev–Trinajstić information content (AvgIpc) is 2.45. The van der Waals surface area contributed by atoms with Gasteiger partial charge in [-0.3, -0.25) is 0 Å². The summed E-state index contributed by atoms with van der Waals surface area (Å²) in [4.78, 5) is 0. The number of benzene rings is 1. The van der Waals surface area contributed by atoms with E-state index in [1.807, 2.05) is 12.1 Å². The molecule has 0 fully saturated rings. The molecule has 108 valence electrons. The van der Waals surface area contributed by atoms with Gasteiger partial charge in [-0.05, 0) is 36.4 Å². The lowest BCUT2D eigenvalue weighted by molar-refractivity contribution is 0.414. The first-order valence-corrected chi connectivity index (χ1v) is 8.26. The van der Waals surface area contributed by atoms with Crippen LogP contribution in [0.25, 0.3) is 0 Å². The van der Waals surface area contributed by atoms with Crippen LogP contribution in [-0.4, -0.2) is 24.7 Å². The molecule has 0 aliphatic rings. The summed E-state index contributed by atoms with van der Waals surface area (Å²) < 4.78 is 5.22. The normalized spacial score (nSPS) is 14.1. The van der Waals surface area contributed by atoms with Crippen molar-refractivity contribution in [1.82, 2.24) is 5.32 Å². The average molecular weight is 281 g/mol. The highest BCUT2D eigenvalue weighted by molar-refractivity contribution is 7.99. The van der Waals surface area contributed by atoms with Gasteiger partial charge in [0, 0.05) is 11.3 Å². The van der Waals surface area contributed by atoms with E-state index >= 15 is 0 Å². The van der Waals surface area contributed by atoms with Gasteiger partial charge < -0.3 is 10.1 Å². The molecule has 1 aromatic rings. The largest absolute Gasteiger partial charge is 0.497 e. The van der Waals surface area contributed by atoms with Gasteiger partial charge in [0.2, 0.25) is 0 Å². The summed E-state index contributed by atoms with van der Waals surface area (Å²) in [6, 6.07) is 8.84. The van der Waals surface area contributed by atoms with Crippen molar-refractivity contribution < 1.29 is 4.74 Å². The van der Waals surface area contributed by atoms with Crippen LogP contribution in [0.15, 0.2) is 24.3 Å². The topological polar surface area (TPSA) is 21.3 Å². The van der Waals surface area contributed by atoms with Crippen LogP contribution in [0.2, 0.25) is 0 Å². The van der Waals surface area contributed by atoms with Gasteiger partial charge in [-0.15, -0.1) is 0 Å². The molecule has 0 spiro atoms. The molecule has 2 unspecified atom stereocenters. The molecule has 0 saturated carbocycles. The Morgan fingerprint density at radius 1 is 1.21 bits per heavy atom. The first kappa shape index (κ1) is 16.4. The van der Waals surface area contributed by atoms with E-state index < -0.39 is 0 Å². The van der Waals surface area contributed by atoms with E-state index in [9.17, 15) is 0 Å². The van der Waals surface area contributed by atoms with E-state index in [0.29, 0.717) is 11.3 Å². The Bertz CT molecular complexity index is 339. The van der Waals surface area contributed by atoms with Crippen molar-refractivity contribution in [1.29, 1.82) is 0 Å². The van der Waals surface area contributed by atoms with Gasteiger partial charge in [-0.2, -0.15) is 11.8 Å². The van der Waals surface area contributed by atoms with Crippen molar-refractivity contribution in [3.63, 3.8) is 0 Å². The second-order valence-corrected chi connectivity index (χ2v) is 6.22. The molecule has 0 amide bonds. The number of hydrogen-bond donors (Lipinski definition) is 1. The minimum Gasteiger partial charge on any atom is -0.497 e. The second-order valence-electron chi connectivity index (χ2n) is 4.74. The van der Waals surface area contributed by atoms with Gasteiger partial charge in [0.25, 0.3) is 0 Å². The van der Waals surface area contributed by atoms with Crippen LogP contribution >= 0.6 is 11.8 Å². The Morgan fingerprint density at radius 2 is 1.89 bits per heavy atom. The summed E-state index contributed by atoms with van der Waals surface area (Å²) >= 11 is 2.06. The summed E-state index contributed by atoms with van der Waals surface area (Å²) in [7, 11) is 1.71. The zero-order valence-corrected chi connectivity index (χ0v) is 13.4. The van der Waals surface area contributed by atoms with E-state index in [1.165, 1.54) is 24.2 Å². The molecule has 1 aromatic carbocycles. The number of methoxy groups -OCH3 is 1. The first-order valence-electron chi connectivity index (χ1n) is 7.21. The Morgan fingerprint density at radius 3 is 2.42 bits per heavy atom. The maximum atomic E-state index is 5.22. The fourth-order valence-corrected chi connectivity index (χ4v) is 3.37. The smallest absolute Gasteiger partial charge is 0.118 e. The Kier molecular flexibility index (Phi) is 7.99. The standard InChI is InChI=1S/C16H27NOS/c1-5-7-12-19-13(3)16(17-6-2)14-8-10-15(18-4)11-9-14/h8-11,13,16-17H,5-7,12H2,1-4H3. The molecule has 1 rings (SSSR count). The third-order valence-electron chi connectivity index (χ3n) is 3.25. The third kappa shape index (κ3) is 5.45. The van der Waals surface area contributed by atoms with Crippen molar-refractivity contribution in [2.24, 2.45) is 0 Å². The fraction of sp³-hybridized carbons (Fsp3) is 0.625. The highest BCUT2D eigenvalue weighted by Crippen LogP contribution is 2.28. The van der Waals surface area contributed by atoms with E-state index in [1.54, 1.807) is 7.11 Å². The monoisotopic (exact) mass is 281 g/mol. The first-order chi connectivity index (χ1) is 9.22. The summed E-state index contributed by atoms with van der Waals surface area (Å²) in [6.07, 6.45) is 2.57. The quantitative estimate of drug-likeness (QED) is 0.683. The molecule has 19 heavy (non-hydrogen) atoms. The Hall–Kier alpha value is -0.670. The SMILES string of the molecule is CCCCSC(C)C(NCC)c1ccc(OC)cc1. The summed E-state index contributed by atoms with van der Waals surface area (Å²) in [5.74, 6) is 2.17. The molecule has 0 saturated heterocycles. The van der Waals surface area contributed by atoms with Gasteiger partial charge in [0.1, 0.15) is 5.75 Å². The van der Waals surface area contributed by atoms with Crippen LogP contribution in [-0.2, 0) is 0 Å². The maximum absolute atomic E-state index is 5.22. The summed E-state index contributed by atoms with van der Waals surface area (Å²) in [6.45, 7) is 7.73. The van der Waals surface area contributed by atoms with E-state index in [-0.39, 0.29) is 0 Å². The number of hydrogen-bond acceptors (Lipinski definition) is 3. The molecular weight excluding hydrogens is 254 g/mol. The lowest BCUT2D eigenvalue weighted by Crippen LogP contribution is -2.28. The van der Waals surface area contributed by atoms with Gasteiger partial charge >= 0.3 is 0 Å². The van der Waals surface area contributed by atoms with Crippen LogP contribution in [0.5, 0.6) is 5.75 Å². The molecule has 0 heterocycles. The van der Waals surface area contributed by atoms with Crippen molar-refractivity contribution in [2.75, 3.05) is 19.4 Å². The number of thioether (sulfide) groups is 1. The highest BCUT2D eigenvalue weighted by Gasteiger charge is 2.18. The number of unbranched alkanes of at least 4 members (excludes halogenated alkanes) is 1. The van der Waals surface area contributed by atoms with Gasteiger partial charge in [0.15, 0.2) is 0 Å². The molecule has 0 aliphatic carbocycles. The zero-order chi connectivity index (χ0) is 14.1. The molecule has 0 bridgehead atoms. The molecule has 2 nitrogen and oxygen atoms in total. The molecule has 0 aliphatic heterocycles. The third-order valence-corrected chi connectivity index (χ3v) is 4.57. The summed E-state index contributed by atoms with van der Waals surface area (Å²) in [5, 5.41) is 4.18. The Balaban J connectivity index is 2.68. The molecule has 0 radical (unpaired) electrons. The van der Waals surface area contributed by atoms with Crippen molar-refractivity contribution in [2.45, 2.75) is 44.9 Å². The molecule has 2 atom stereocenters.